The van der Waals surface area contributed by atoms with Gasteiger partial charge in [-0.15, -0.1) is 6.58 Å². The van der Waals surface area contributed by atoms with Crippen LogP contribution in [-0.2, 0) is 27.9 Å². The molecule has 2 aliphatic rings. The summed E-state index contributed by atoms with van der Waals surface area (Å²) < 4.78 is 88.4. The number of halogens is 3. The van der Waals surface area contributed by atoms with Crippen molar-refractivity contribution in [1.82, 2.24) is 0 Å². The Bertz CT molecular complexity index is 1790. The van der Waals surface area contributed by atoms with Gasteiger partial charge in [0.25, 0.3) is 8.32 Å². The summed E-state index contributed by atoms with van der Waals surface area (Å²) in [4.78, 5) is 15.1. The predicted octanol–water partition coefficient (Wildman–Crippen LogP) is 9.99. The van der Waals surface area contributed by atoms with Crippen molar-refractivity contribution in [2.24, 2.45) is 23.7 Å². The highest BCUT2D eigenvalue weighted by Gasteiger charge is 2.71. The van der Waals surface area contributed by atoms with Gasteiger partial charge in [0.1, 0.15) is 5.76 Å². The third kappa shape index (κ3) is 9.39. The van der Waals surface area contributed by atoms with Crippen LogP contribution in [0.5, 0.6) is 0 Å². The number of carbonyl (C=O) groups is 1. The Balaban J connectivity index is 1.95. The van der Waals surface area contributed by atoms with Gasteiger partial charge in [0, 0.05) is 31.1 Å². The number of allylic oxidation sites excluding steroid dienone is 2. The molecule has 4 rings (SSSR count). The van der Waals surface area contributed by atoms with E-state index in [2.05, 4.69) is 54.2 Å². The number of ketones is 1. The molecule has 0 saturated heterocycles. The SMILES string of the molecule is C=C[C@]1(O[Si](CC)(CC)CC)[C@@H]2C(=O)/C(=C(/CCO[Si](c3ccccc3)(c3ccccc3)C(C)(C)C)OS(=O)(=O)C(F)(F)F)[C@H]1[C@H](CCCCC/C=C/C)[C@H]2CCO. The van der Waals surface area contributed by atoms with Gasteiger partial charge in [-0.1, -0.05) is 133 Å². The van der Waals surface area contributed by atoms with Crippen molar-refractivity contribution in [2.75, 3.05) is 13.2 Å². The lowest BCUT2D eigenvalue weighted by Gasteiger charge is -2.43. The van der Waals surface area contributed by atoms with E-state index >= 15 is 4.79 Å². The Kier molecular flexibility index (Phi) is 16.3. The van der Waals surface area contributed by atoms with Crippen LogP contribution in [0.15, 0.2) is 96.8 Å². The second kappa shape index (κ2) is 19.7. The highest BCUT2D eigenvalue weighted by molar-refractivity contribution is 7.87. The van der Waals surface area contributed by atoms with Gasteiger partial charge in [-0.05, 0) is 78.0 Å². The average molecular weight is 863 g/mol. The number of hydrogen-bond acceptors (Lipinski definition) is 7. The first-order valence-corrected chi connectivity index (χ1v) is 26.8. The molecule has 2 aliphatic carbocycles. The topological polar surface area (TPSA) is 99.1 Å². The molecule has 7 nitrogen and oxygen atoms in total. The van der Waals surface area contributed by atoms with Crippen molar-refractivity contribution >= 4 is 42.9 Å². The predicted molar refractivity (Wildman–Crippen MR) is 231 cm³/mol. The largest absolute Gasteiger partial charge is 0.534 e. The molecule has 1 N–H and O–H groups in total. The molecule has 322 valence electrons. The lowest BCUT2D eigenvalue weighted by molar-refractivity contribution is -0.123. The smallest absolute Gasteiger partial charge is 0.407 e. The molecule has 2 saturated carbocycles. The standard InChI is InChI=1S/C45H65F3O7SSi2/c1-9-14-15-16-17-24-29-36-37(30-32-49)41-42(50)39(40(36)44(41,10-2)55-57(11-3,12-4)13-5)38(54-56(51,52)45(46,47)48)31-33-53-58(43(6,7)8,34-25-20-18-21-26-34)35-27-22-19-23-28-35/h9-10,14,18-23,25-28,36-37,40-41,49H,2,11-13,15-17,24,29-33H2,1,3-8H3/b14-9+,39-38-/t36-,37-,40-,41+,44-/m1/s1. The number of unbranched alkanes of at least 4 members (excludes halogenated alkanes) is 3. The lowest BCUT2D eigenvalue weighted by atomic mass is 9.72. The van der Waals surface area contributed by atoms with Crippen LogP contribution in [0.25, 0.3) is 0 Å². The first-order valence-electron chi connectivity index (χ1n) is 21.0. The number of aliphatic hydroxyl groups is 1. The molecule has 0 unspecified atom stereocenters. The molecular weight excluding hydrogens is 798 g/mol. The van der Waals surface area contributed by atoms with Crippen molar-refractivity contribution in [3.63, 3.8) is 0 Å². The normalized spacial score (nSPS) is 23.8. The molecule has 2 aromatic carbocycles. The van der Waals surface area contributed by atoms with Crippen LogP contribution in [0.2, 0.25) is 23.2 Å². The number of rotatable bonds is 22. The first-order chi connectivity index (χ1) is 27.4. The number of Topliss-reactive ketones (excluding diaryl/α,β-unsaturated/α-hetero) is 1. The number of aliphatic hydroxyl groups excluding tert-OH is 1. The molecule has 0 aliphatic heterocycles. The van der Waals surface area contributed by atoms with Crippen molar-refractivity contribution in [2.45, 2.75) is 128 Å². The molecule has 13 heteroatoms. The second-order valence-corrected chi connectivity index (χ2v) is 27.4. The maximum absolute atomic E-state index is 15.1. The van der Waals surface area contributed by atoms with E-state index in [0.29, 0.717) is 6.42 Å². The average Bonchev–Trinajstić information content (AvgIpc) is 3.58. The minimum atomic E-state index is -6.20. The molecule has 0 heterocycles. The summed E-state index contributed by atoms with van der Waals surface area (Å²) in [6.07, 6.45) is 9.75. The zero-order valence-electron chi connectivity index (χ0n) is 35.4. The second-order valence-electron chi connectivity index (χ2n) is 16.9. The van der Waals surface area contributed by atoms with Gasteiger partial charge >= 0.3 is 15.6 Å². The van der Waals surface area contributed by atoms with E-state index in [0.717, 1.165) is 54.2 Å². The van der Waals surface area contributed by atoms with Crippen molar-refractivity contribution < 1.29 is 44.5 Å². The monoisotopic (exact) mass is 862 g/mol. The molecule has 2 fully saturated rings. The minimum absolute atomic E-state index is 0.0805. The van der Waals surface area contributed by atoms with E-state index in [1.807, 2.05) is 73.7 Å². The van der Waals surface area contributed by atoms with Crippen molar-refractivity contribution in [3.8, 4) is 0 Å². The van der Waals surface area contributed by atoms with Crippen LogP contribution in [0.4, 0.5) is 13.2 Å². The molecule has 5 atom stereocenters. The van der Waals surface area contributed by atoms with E-state index in [-0.39, 0.29) is 37.0 Å². The molecule has 0 aromatic heterocycles. The zero-order valence-corrected chi connectivity index (χ0v) is 38.3. The van der Waals surface area contributed by atoms with Gasteiger partial charge in [0.05, 0.1) is 11.5 Å². The van der Waals surface area contributed by atoms with Gasteiger partial charge in [-0.3, -0.25) is 4.79 Å². The maximum Gasteiger partial charge on any atom is 0.534 e. The Morgan fingerprint density at radius 2 is 1.43 bits per heavy atom. The summed E-state index contributed by atoms with van der Waals surface area (Å²) in [5, 5.41) is 11.8. The van der Waals surface area contributed by atoms with Gasteiger partial charge in [-0.25, -0.2) is 0 Å². The summed E-state index contributed by atoms with van der Waals surface area (Å²) in [7, 11) is -12.0. The molecule has 58 heavy (non-hydrogen) atoms. The van der Waals surface area contributed by atoms with E-state index < -0.39 is 72.7 Å². The van der Waals surface area contributed by atoms with Crippen LogP contribution in [-0.4, -0.2) is 60.3 Å². The van der Waals surface area contributed by atoms with Gasteiger partial charge < -0.3 is 18.1 Å². The van der Waals surface area contributed by atoms with Gasteiger partial charge in [0.2, 0.25) is 0 Å². The summed E-state index contributed by atoms with van der Waals surface area (Å²) in [5.41, 5.74) is -7.14. The van der Waals surface area contributed by atoms with Crippen LogP contribution in [0.1, 0.15) is 93.4 Å². The molecule has 0 radical (unpaired) electrons. The molecule has 2 aromatic rings. The van der Waals surface area contributed by atoms with E-state index in [1.165, 1.54) is 0 Å². The summed E-state index contributed by atoms with van der Waals surface area (Å²) >= 11 is 0. The Labute approximate surface area is 347 Å². The maximum atomic E-state index is 15.1. The third-order valence-corrected chi connectivity index (χ3v) is 23.5. The number of benzene rings is 2. The number of alkyl halides is 3. The Morgan fingerprint density at radius 3 is 1.90 bits per heavy atom. The van der Waals surface area contributed by atoms with Crippen molar-refractivity contribution in [1.29, 1.82) is 0 Å². The Hall–Kier alpha value is -2.82. The van der Waals surface area contributed by atoms with Gasteiger partial charge in [0.15, 0.2) is 14.1 Å². The highest BCUT2D eigenvalue weighted by atomic mass is 32.2. The number of fused-ring (bicyclic) bond motifs is 2. The van der Waals surface area contributed by atoms with Crippen LogP contribution in [0.3, 0.4) is 0 Å². The van der Waals surface area contributed by atoms with Crippen molar-refractivity contribution in [3.05, 3.63) is 96.8 Å². The zero-order chi connectivity index (χ0) is 43.0. The minimum Gasteiger partial charge on any atom is -0.407 e. The quantitative estimate of drug-likeness (QED) is 0.0239. The fourth-order valence-corrected chi connectivity index (χ4v) is 18.1. The summed E-state index contributed by atoms with van der Waals surface area (Å²) in [5.74, 6) is -3.45. The first kappa shape index (κ1) is 47.9. The van der Waals surface area contributed by atoms with E-state index in [9.17, 15) is 26.7 Å². The van der Waals surface area contributed by atoms with Crippen LogP contribution < -0.4 is 10.4 Å². The van der Waals surface area contributed by atoms with E-state index in [1.54, 1.807) is 6.08 Å². The van der Waals surface area contributed by atoms with Gasteiger partial charge in [-0.2, -0.15) is 21.6 Å². The lowest BCUT2D eigenvalue weighted by Crippen LogP contribution is -2.66. The number of carbonyl (C=O) groups excluding carboxylic acids is 1. The van der Waals surface area contributed by atoms with Crippen LogP contribution >= 0.6 is 0 Å². The van der Waals surface area contributed by atoms with E-state index in [4.69, 9.17) is 13.0 Å². The molecule has 0 amide bonds. The fraction of sp³-hybridized carbons (Fsp3) is 0.578. The summed E-state index contributed by atoms with van der Waals surface area (Å²) in [6.45, 7) is 18.2. The molecular formula is C45H65F3O7SSi2. The Morgan fingerprint density at radius 1 is 0.879 bits per heavy atom. The summed E-state index contributed by atoms with van der Waals surface area (Å²) in [6, 6.07) is 21.6. The number of hydrogen-bond donors (Lipinski definition) is 1. The molecule has 2 bridgehead atoms. The highest BCUT2D eigenvalue weighted by Crippen LogP contribution is 2.65. The van der Waals surface area contributed by atoms with Crippen LogP contribution in [0, 0.1) is 23.7 Å². The fourth-order valence-electron chi connectivity index (χ4n) is 9.95. The third-order valence-electron chi connectivity index (χ3n) is 12.8. The molecule has 0 spiro atoms.